The van der Waals surface area contributed by atoms with Gasteiger partial charge in [0.25, 0.3) is 5.56 Å². The predicted molar refractivity (Wildman–Crippen MR) is 174 cm³/mol. The summed E-state index contributed by atoms with van der Waals surface area (Å²) in [4.78, 5) is 32.8. The number of carbonyl (C=O) groups excluding carboxylic acids is 1. The number of carbonyl (C=O) groups is 1. The minimum absolute atomic E-state index is 0.0541. The van der Waals surface area contributed by atoms with Gasteiger partial charge in [0.05, 0.1) is 41.7 Å². The molecule has 2 aromatic carbocycles. The number of aromatic nitrogens is 2. The second-order valence-corrected chi connectivity index (χ2v) is 12.3. The fraction of sp³-hybridized carbons (Fsp3) is 0.343. The lowest BCUT2D eigenvalue weighted by molar-refractivity contribution is -0.139. The van der Waals surface area contributed by atoms with Crippen molar-refractivity contribution in [3.63, 3.8) is 0 Å². The summed E-state index contributed by atoms with van der Waals surface area (Å²) >= 11 is 1.31. The van der Waals surface area contributed by atoms with E-state index >= 15 is 0 Å². The van der Waals surface area contributed by atoms with Crippen molar-refractivity contribution in [2.75, 3.05) is 13.7 Å². The molecule has 0 unspecified atom stereocenters. The van der Waals surface area contributed by atoms with Gasteiger partial charge in [-0.25, -0.2) is 9.79 Å². The number of esters is 1. The molecule has 0 bridgehead atoms. The van der Waals surface area contributed by atoms with Crippen molar-refractivity contribution >= 4 is 23.4 Å². The maximum atomic E-state index is 14.2. The highest BCUT2D eigenvalue weighted by Crippen LogP contribution is 2.36. The van der Waals surface area contributed by atoms with Gasteiger partial charge in [0.15, 0.2) is 16.3 Å². The first-order valence-corrected chi connectivity index (χ1v) is 15.6. The van der Waals surface area contributed by atoms with Crippen LogP contribution in [0.25, 0.3) is 11.8 Å². The SMILES string of the molecule is CCOC(=O)C1=C(C)N=c2s/c(=C\c3cc(C)n(-c4ccc(C)cc4C)c3C)c(=O)n2[C@@H]1c1ccc(OC(C)C)c(OC)c1. The topological polar surface area (TPSA) is 84.1 Å². The molecule has 0 radical (unpaired) electrons. The molecule has 3 heterocycles. The summed E-state index contributed by atoms with van der Waals surface area (Å²) in [5, 5.41) is 0. The maximum absolute atomic E-state index is 14.2. The number of hydrogen-bond acceptors (Lipinski definition) is 7. The Kier molecular flexibility index (Phi) is 8.70. The van der Waals surface area contributed by atoms with Crippen LogP contribution in [0.3, 0.4) is 0 Å². The van der Waals surface area contributed by atoms with Crippen LogP contribution in [0.1, 0.15) is 67.4 Å². The van der Waals surface area contributed by atoms with Crippen LogP contribution in [0, 0.1) is 27.7 Å². The number of allylic oxidation sites excluding steroid dienone is 1. The van der Waals surface area contributed by atoms with Crippen molar-refractivity contribution in [2.24, 2.45) is 4.99 Å². The van der Waals surface area contributed by atoms with Gasteiger partial charge in [-0.1, -0.05) is 35.1 Å². The van der Waals surface area contributed by atoms with Crippen LogP contribution in [-0.4, -0.2) is 34.9 Å². The van der Waals surface area contributed by atoms with Gasteiger partial charge < -0.3 is 18.8 Å². The third-order valence-electron chi connectivity index (χ3n) is 7.73. The molecule has 0 amide bonds. The highest BCUT2D eigenvalue weighted by Gasteiger charge is 2.34. The molecule has 1 aliphatic heterocycles. The Hall–Kier alpha value is -4.37. The molecule has 44 heavy (non-hydrogen) atoms. The van der Waals surface area contributed by atoms with E-state index in [1.807, 2.05) is 38.1 Å². The average molecular weight is 614 g/mol. The van der Waals surface area contributed by atoms with Gasteiger partial charge in [-0.2, -0.15) is 0 Å². The van der Waals surface area contributed by atoms with Gasteiger partial charge in [0.1, 0.15) is 0 Å². The van der Waals surface area contributed by atoms with Gasteiger partial charge in [0, 0.05) is 17.1 Å². The number of ether oxygens (including phenoxy) is 3. The quantitative estimate of drug-likeness (QED) is 0.241. The Balaban J connectivity index is 1.70. The van der Waals surface area contributed by atoms with E-state index in [-0.39, 0.29) is 18.3 Å². The van der Waals surface area contributed by atoms with Crippen LogP contribution in [0.2, 0.25) is 0 Å². The summed E-state index contributed by atoms with van der Waals surface area (Å²) < 4.78 is 21.4. The maximum Gasteiger partial charge on any atom is 0.338 e. The minimum atomic E-state index is -0.753. The smallest absolute Gasteiger partial charge is 0.338 e. The van der Waals surface area contributed by atoms with Crippen molar-refractivity contribution in [1.29, 1.82) is 0 Å². The normalized spacial score (nSPS) is 15.0. The van der Waals surface area contributed by atoms with Gasteiger partial charge in [-0.3, -0.25) is 9.36 Å². The zero-order valence-electron chi connectivity index (χ0n) is 26.8. The molecule has 5 rings (SSSR count). The second kappa shape index (κ2) is 12.3. The van der Waals surface area contributed by atoms with Crippen LogP contribution in [0.15, 0.2) is 63.5 Å². The number of benzene rings is 2. The molecule has 8 nitrogen and oxygen atoms in total. The number of thiazole rings is 1. The lowest BCUT2D eigenvalue weighted by atomic mass is 9.95. The van der Waals surface area contributed by atoms with Crippen molar-refractivity contribution < 1.29 is 19.0 Å². The molecule has 4 aromatic rings. The van der Waals surface area contributed by atoms with E-state index in [1.165, 1.54) is 22.5 Å². The molecule has 0 fully saturated rings. The van der Waals surface area contributed by atoms with Crippen LogP contribution < -0.4 is 24.4 Å². The molecule has 0 aliphatic carbocycles. The Bertz CT molecular complexity index is 1980. The summed E-state index contributed by atoms with van der Waals surface area (Å²) in [5.74, 6) is 0.581. The molecule has 0 saturated carbocycles. The van der Waals surface area contributed by atoms with Crippen LogP contribution >= 0.6 is 11.3 Å². The lowest BCUT2D eigenvalue weighted by Gasteiger charge is -2.25. The van der Waals surface area contributed by atoms with Crippen molar-refractivity contribution in [1.82, 2.24) is 9.13 Å². The molecular weight excluding hydrogens is 574 g/mol. The number of hydrogen-bond donors (Lipinski definition) is 0. The summed E-state index contributed by atoms with van der Waals surface area (Å²) in [6.07, 6.45) is 1.87. The lowest BCUT2D eigenvalue weighted by Crippen LogP contribution is -2.40. The number of methoxy groups -OCH3 is 1. The van der Waals surface area contributed by atoms with Gasteiger partial charge in [-0.15, -0.1) is 0 Å². The van der Waals surface area contributed by atoms with E-state index in [0.717, 1.165) is 22.6 Å². The Morgan fingerprint density at radius 1 is 1.05 bits per heavy atom. The third-order valence-corrected chi connectivity index (χ3v) is 8.72. The van der Waals surface area contributed by atoms with E-state index in [4.69, 9.17) is 19.2 Å². The first kappa shape index (κ1) is 31.1. The third kappa shape index (κ3) is 5.64. The Morgan fingerprint density at radius 2 is 1.80 bits per heavy atom. The molecule has 9 heteroatoms. The Labute approximate surface area is 261 Å². The highest BCUT2D eigenvalue weighted by molar-refractivity contribution is 7.07. The molecule has 0 saturated heterocycles. The van der Waals surface area contributed by atoms with Gasteiger partial charge >= 0.3 is 5.97 Å². The Morgan fingerprint density at radius 3 is 2.45 bits per heavy atom. The van der Waals surface area contributed by atoms with Crippen molar-refractivity contribution in [3.8, 4) is 17.2 Å². The largest absolute Gasteiger partial charge is 0.493 e. The van der Waals surface area contributed by atoms with Crippen LogP contribution in [-0.2, 0) is 9.53 Å². The monoisotopic (exact) mass is 613 g/mol. The summed E-state index contributed by atoms with van der Waals surface area (Å²) in [5.41, 5.74) is 7.84. The van der Waals surface area contributed by atoms with E-state index in [2.05, 4.69) is 56.5 Å². The number of aryl methyl sites for hydroxylation is 3. The van der Waals surface area contributed by atoms with Crippen molar-refractivity contribution in [2.45, 2.75) is 67.5 Å². The van der Waals surface area contributed by atoms with Crippen LogP contribution in [0.4, 0.5) is 0 Å². The molecule has 1 atom stereocenters. The zero-order valence-corrected chi connectivity index (χ0v) is 27.6. The average Bonchev–Trinajstić information content (AvgIpc) is 3.41. The van der Waals surface area contributed by atoms with Crippen molar-refractivity contribution in [3.05, 3.63) is 107 Å². The number of fused-ring (bicyclic) bond motifs is 1. The fourth-order valence-corrected chi connectivity index (χ4v) is 6.85. The van der Waals surface area contributed by atoms with E-state index in [0.29, 0.717) is 37.7 Å². The summed E-state index contributed by atoms with van der Waals surface area (Å²) in [6.45, 7) is 15.9. The molecular formula is C35H39N3O5S. The molecule has 1 aliphatic rings. The summed E-state index contributed by atoms with van der Waals surface area (Å²) in [7, 11) is 1.57. The molecule has 0 spiro atoms. The second-order valence-electron chi connectivity index (χ2n) is 11.3. The van der Waals surface area contributed by atoms with Gasteiger partial charge in [-0.05, 0) is 102 Å². The fourth-order valence-electron chi connectivity index (χ4n) is 5.81. The first-order chi connectivity index (χ1) is 20.9. The van der Waals surface area contributed by atoms with Gasteiger partial charge in [0.2, 0.25) is 0 Å². The molecule has 2 aromatic heterocycles. The first-order valence-electron chi connectivity index (χ1n) is 14.8. The standard InChI is InChI=1S/C35H39N3O5S/c1-10-42-34(40)31-23(7)36-35-38(32(31)25-12-14-28(43-19(2)3)29(17-25)41-9)33(39)30(44-35)18-26-16-22(6)37(24(26)8)27-13-11-20(4)15-21(27)5/h11-19,32H,10H2,1-9H3/b30-18-/t32-/m1/s1. The molecule has 230 valence electrons. The predicted octanol–water partition coefficient (Wildman–Crippen LogP) is 5.62. The van der Waals surface area contributed by atoms with E-state index in [1.54, 1.807) is 25.5 Å². The number of rotatable bonds is 8. The van der Waals surface area contributed by atoms with Crippen LogP contribution in [0.5, 0.6) is 11.5 Å². The zero-order chi connectivity index (χ0) is 31.9. The summed E-state index contributed by atoms with van der Waals surface area (Å²) in [6, 6.07) is 13.2. The van der Waals surface area contributed by atoms with E-state index < -0.39 is 12.0 Å². The highest BCUT2D eigenvalue weighted by atomic mass is 32.1. The molecule has 0 N–H and O–H groups in total. The number of nitrogens with zero attached hydrogens (tertiary/aromatic N) is 3. The minimum Gasteiger partial charge on any atom is -0.493 e. The van der Waals surface area contributed by atoms with E-state index in [9.17, 15) is 9.59 Å².